The zero-order valence-electron chi connectivity index (χ0n) is 10.1. The Morgan fingerprint density at radius 3 is 3.19 bits per heavy atom. The van der Waals surface area contributed by atoms with E-state index < -0.39 is 0 Å². The lowest BCUT2D eigenvalue weighted by Crippen LogP contribution is -2.25. The van der Waals surface area contributed by atoms with Crippen LogP contribution in [0, 0.1) is 5.92 Å². The van der Waals surface area contributed by atoms with Gasteiger partial charge in [-0.1, -0.05) is 0 Å². The first-order chi connectivity index (χ1) is 7.79. The number of aromatic nitrogens is 2. The fourth-order valence-corrected chi connectivity index (χ4v) is 3.27. The van der Waals surface area contributed by atoms with Gasteiger partial charge in [-0.25, -0.2) is 0 Å². The highest BCUT2D eigenvalue weighted by molar-refractivity contribution is 7.99. The molecule has 1 fully saturated rings. The van der Waals surface area contributed by atoms with E-state index in [2.05, 4.69) is 42.2 Å². The number of hydrogen-bond donors (Lipinski definition) is 1. The van der Waals surface area contributed by atoms with Crippen LogP contribution in [0.25, 0.3) is 0 Å². The van der Waals surface area contributed by atoms with Gasteiger partial charge in [0.2, 0.25) is 0 Å². The molecule has 2 heterocycles. The van der Waals surface area contributed by atoms with E-state index in [1.165, 1.54) is 23.5 Å². The standard InChI is InChI=1S/C12H21N3S/c1-3-15-8-12(7-14-15)10(2)13-6-11-4-5-16-9-11/h7-8,10-11,13H,3-6,9H2,1-2H3. The van der Waals surface area contributed by atoms with Crippen LogP contribution in [-0.4, -0.2) is 27.8 Å². The van der Waals surface area contributed by atoms with Crippen molar-refractivity contribution in [3.05, 3.63) is 18.0 Å². The smallest absolute Gasteiger partial charge is 0.0537 e. The highest BCUT2D eigenvalue weighted by Gasteiger charge is 2.16. The summed E-state index contributed by atoms with van der Waals surface area (Å²) in [4.78, 5) is 0. The van der Waals surface area contributed by atoms with Crippen LogP contribution >= 0.6 is 11.8 Å². The van der Waals surface area contributed by atoms with Gasteiger partial charge in [-0.2, -0.15) is 16.9 Å². The molecule has 0 saturated carbocycles. The molecule has 0 radical (unpaired) electrons. The monoisotopic (exact) mass is 239 g/mol. The topological polar surface area (TPSA) is 29.9 Å². The Morgan fingerprint density at radius 2 is 2.56 bits per heavy atom. The van der Waals surface area contributed by atoms with E-state index in [0.717, 1.165) is 19.0 Å². The predicted molar refractivity (Wildman–Crippen MR) is 69.8 cm³/mol. The number of rotatable bonds is 5. The highest BCUT2D eigenvalue weighted by atomic mass is 32.2. The van der Waals surface area contributed by atoms with Crippen molar-refractivity contribution in [2.24, 2.45) is 5.92 Å². The fourth-order valence-electron chi connectivity index (χ4n) is 1.98. The molecular formula is C12H21N3S. The molecule has 1 saturated heterocycles. The Hall–Kier alpha value is -0.480. The lowest BCUT2D eigenvalue weighted by Gasteiger charge is -2.15. The Labute approximate surface area is 102 Å². The molecule has 2 rings (SSSR count). The fraction of sp³-hybridized carbons (Fsp3) is 0.750. The second-order valence-electron chi connectivity index (χ2n) is 4.49. The molecular weight excluding hydrogens is 218 g/mol. The summed E-state index contributed by atoms with van der Waals surface area (Å²) in [5, 5.41) is 7.92. The number of nitrogens with one attached hydrogen (secondary N) is 1. The average Bonchev–Trinajstić information content (AvgIpc) is 2.96. The summed E-state index contributed by atoms with van der Waals surface area (Å²) in [7, 11) is 0. The van der Waals surface area contributed by atoms with E-state index in [1.54, 1.807) is 0 Å². The van der Waals surface area contributed by atoms with Crippen molar-refractivity contribution < 1.29 is 0 Å². The molecule has 1 aromatic rings. The maximum absolute atomic E-state index is 4.31. The molecule has 0 bridgehead atoms. The molecule has 1 aromatic heterocycles. The molecule has 0 amide bonds. The molecule has 4 heteroatoms. The van der Waals surface area contributed by atoms with Gasteiger partial charge in [0, 0.05) is 24.3 Å². The molecule has 90 valence electrons. The van der Waals surface area contributed by atoms with E-state index in [1.807, 2.05) is 10.9 Å². The molecule has 1 N–H and O–H groups in total. The molecule has 16 heavy (non-hydrogen) atoms. The Balaban J connectivity index is 1.80. The summed E-state index contributed by atoms with van der Waals surface area (Å²) in [5.74, 6) is 3.54. The summed E-state index contributed by atoms with van der Waals surface area (Å²) in [5.41, 5.74) is 1.30. The van der Waals surface area contributed by atoms with Gasteiger partial charge >= 0.3 is 0 Å². The van der Waals surface area contributed by atoms with Crippen molar-refractivity contribution in [2.75, 3.05) is 18.1 Å². The van der Waals surface area contributed by atoms with Crippen LogP contribution in [-0.2, 0) is 6.54 Å². The van der Waals surface area contributed by atoms with Gasteiger partial charge < -0.3 is 5.32 Å². The molecule has 2 unspecified atom stereocenters. The largest absolute Gasteiger partial charge is 0.310 e. The number of thioether (sulfide) groups is 1. The van der Waals surface area contributed by atoms with Crippen molar-refractivity contribution in [3.63, 3.8) is 0 Å². The molecule has 3 nitrogen and oxygen atoms in total. The summed E-state index contributed by atoms with van der Waals surface area (Å²) in [6.07, 6.45) is 5.49. The van der Waals surface area contributed by atoms with Gasteiger partial charge in [-0.3, -0.25) is 4.68 Å². The molecule has 2 atom stereocenters. The zero-order valence-corrected chi connectivity index (χ0v) is 11.0. The van der Waals surface area contributed by atoms with Crippen LogP contribution in [0.15, 0.2) is 12.4 Å². The van der Waals surface area contributed by atoms with Crippen molar-refractivity contribution in [3.8, 4) is 0 Å². The lowest BCUT2D eigenvalue weighted by atomic mass is 10.1. The average molecular weight is 239 g/mol. The number of aryl methyl sites for hydroxylation is 1. The van der Waals surface area contributed by atoms with Gasteiger partial charge in [0.05, 0.1) is 6.20 Å². The Morgan fingerprint density at radius 1 is 1.69 bits per heavy atom. The van der Waals surface area contributed by atoms with E-state index in [4.69, 9.17) is 0 Å². The van der Waals surface area contributed by atoms with E-state index >= 15 is 0 Å². The van der Waals surface area contributed by atoms with Crippen LogP contribution in [0.1, 0.15) is 31.9 Å². The highest BCUT2D eigenvalue weighted by Crippen LogP contribution is 2.23. The Kier molecular flexibility index (Phi) is 4.29. The van der Waals surface area contributed by atoms with Crippen molar-refractivity contribution in [2.45, 2.75) is 32.9 Å². The van der Waals surface area contributed by atoms with Crippen LogP contribution in [0.3, 0.4) is 0 Å². The van der Waals surface area contributed by atoms with E-state index in [-0.39, 0.29) is 0 Å². The summed E-state index contributed by atoms with van der Waals surface area (Å²) >= 11 is 2.08. The second kappa shape index (κ2) is 5.73. The summed E-state index contributed by atoms with van der Waals surface area (Å²) < 4.78 is 1.99. The normalized spacial score (nSPS) is 22.5. The number of nitrogens with zero attached hydrogens (tertiary/aromatic N) is 2. The SMILES string of the molecule is CCn1cc(C(C)NCC2CCSC2)cn1. The maximum atomic E-state index is 4.31. The quantitative estimate of drug-likeness (QED) is 0.855. The van der Waals surface area contributed by atoms with Gasteiger partial charge in [-0.15, -0.1) is 0 Å². The maximum Gasteiger partial charge on any atom is 0.0537 e. The van der Waals surface area contributed by atoms with Gasteiger partial charge in [-0.05, 0) is 44.2 Å². The Bertz CT molecular complexity index is 318. The minimum absolute atomic E-state index is 0.422. The van der Waals surface area contributed by atoms with Crippen molar-refractivity contribution in [1.29, 1.82) is 0 Å². The minimum atomic E-state index is 0.422. The molecule has 0 aliphatic carbocycles. The first-order valence-electron chi connectivity index (χ1n) is 6.13. The first-order valence-corrected chi connectivity index (χ1v) is 7.28. The third-order valence-electron chi connectivity index (χ3n) is 3.21. The minimum Gasteiger partial charge on any atom is -0.310 e. The lowest BCUT2D eigenvalue weighted by molar-refractivity contribution is 0.477. The third kappa shape index (κ3) is 3.01. The summed E-state index contributed by atoms with van der Waals surface area (Å²) in [6.45, 7) is 6.43. The predicted octanol–water partition coefficient (Wildman–Crippen LogP) is 2.31. The van der Waals surface area contributed by atoms with Gasteiger partial charge in [0.25, 0.3) is 0 Å². The van der Waals surface area contributed by atoms with Crippen molar-refractivity contribution >= 4 is 11.8 Å². The van der Waals surface area contributed by atoms with Crippen LogP contribution in [0.2, 0.25) is 0 Å². The molecule has 1 aliphatic rings. The number of hydrogen-bond acceptors (Lipinski definition) is 3. The summed E-state index contributed by atoms with van der Waals surface area (Å²) in [6, 6.07) is 0.422. The van der Waals surface area contributed by atoms with Crippen molar-refractivity contribution in [1.82, 2.24) is 15.1 Å². The molecule has 0 aromatic carbocycles. The molecule has 1 aliphatic heterocycles. The van der Waals surface area contributed by atoms with E-state index in [0.29, 0.717) is 6.04 Å². The van der Waals surface area contributed by atoms with E-state index in [9.17, 15) is 0 Å². The van der Waals surface area contributed by atoms with Crippen LogP contribution in [0.5, 0.6) is 0 Å². The molecule has 0 spiro atoms. The van der Waals surface area contributed by atoms with Gasteiger partial charge in [0.15, 0.2) is 0 Å². The van der Waals surface area contributed by atoms with Crippen LogP contribution < -0.4 is 5.32 Å². The second-order valence-corrected chi connectivity index (χ2v) is 5.64. The third-order valence-corrected chi connectivity index (χ3v) is 4.45. The van der Waals surface area contributed by atoms with Crippen LogP contribution in [0.4, 0.5) is 0 Å². The van der Waals surface area contributed by atoms with Gasteiger partial charge in [0.1, 0.15) is 0 Å². The first kappa shape index (κ1) is 12.0. The zero-order chi connectivity index (χ0) is 11.4.